The molecule has 0 radical (unpaired) electrons. The number of halogens is 1. The number of likely N-dealkylation sites (N-methyl/N-ethyl adjacent to an activating group) is 1. The Labute approximate surface area is 136 Å². The average Bonchev–Trinajstić information content (AvgIpc) is 2.38. The zero-order valence-corrected chi connectivity index (χ0v) is 14.9. The summed E-state index contributed by atoms with van der Waals surface area (Å²) in [5.74, 6) is 0.0320. The van der Waals surface area contributed by atoms with E-state index in [9.17, 15) is 4.79 Å². The maximum Gasteiger partial charge on any atom is 0.234 e. The summed E-state index contributed by atoms with van der Waals surface area (Å²) in [5.41, 5.74) is 7.31. The number of amides is 1. The summed E-state index contributed by atoms with van der Waals surface area (Å²) in [6, 6.07) is 8.12. The molecular formula is C16H26BrN3O. The summed E-state index contributed by atoms with van der Waals surface area (Å²) in [4.78, 5) is 14.2. The minimum Gasteiger partial charge on any atom is -0.353 e. The fraction of sp³-hybridized carbons (Fsp3) is 0.562. The number of nitrogens with zero attached hydrogens (tertiary/aromatic N) is 1. The molecule has 0 fully saturated rings. The lowest BCUT2D eigenvalue weighted by atomic mass is 9.99. The molecule has 4 nitrogen and oxygen atoms in total. The van der Waals surface area contributed by atoms with Crippen molar-refractivity contribution in [2.75, 3.05) is 13.1 Å². The number of nitrogens with two attached hydrogens (primary N) is 1. The Kier molecular flexibility index (Phi) is 7.35. The van der Waals surface area contributed by atoms with E-state index in [1.807, 2.05) is 39.0 Å². The molecule has 1 rings (SSSR count). The topological polar surface area (TPSA) is 58.4 Å². The maximum atomic E-state index is 12.1. The van der Waals surface area contributed by atoms with Crippen LogP contribution in [0.25, 0.3) is 0 Å². The highest BCUT2D eigenvalue weighted by molar-refractivity contribution is 9.10. The molecule has 3 N–H and O–H groups in total. The van der Waals surface area contributed by atoms with Gasteiger partial charge in [-0.1, -0.05) is 41.1 Å². The number of hydrogen-bond donors (Lipinski definition) is 2. The Balaban J connectivity index is 2.97. The molecule has 21 heavy (non-hydrogen) atoms. The minimum atomic E-state index is -0.0736. The third-order valence-electron chi connectivity index (χ3n) is 3.32. The van der Waals surface area contributed by atoms with Gasteiger partial charge in [0.1, 0.15) is 0 Å². The predicted molar refractivity (Wildman–Crippen MR) is 91.1 cm³/mol. The summed E-state index contributed by atoms with van der Waals surface area (Å²) >= 11 is 3.59. The van der Waals surface area contributed by atoms with E-state index in [-0.39, 0.29) is 24.0 Å². The van der Waals surface area contributed by atoms with Gasteiger partial charge >= 0.3 is 0 Å². The van der Waals surface area contributed by atoms with Gasteiger partial charge < -0.3 is 11.1 Å². The Morgan fingerprint density at radius 1 is 1.33 bits per heavy atom. The Morgan fingerprint density at radius 3 is 2.43 bits per heavy atom. The molecule has 1 aromatic carbocycles. The first-order valence-electron chi connectivity index (χ1n) is 7.40. The van der Waals surface area contributed by atoms with Crippen LogP contribution in [0, 0.1) is 0 Å². The van der Waals surface area contributed by atoms with Crippen molar-refractivity contribution >= 4 is 21.8 Å². The van der Waals surface area contributed by atoms with Crippen molar-refractivity contribution in [2.24, 2.45) is 5.73 Å². The smallest absolute Gasteiger partial charge is 0.234 e. The van der Waals surface area contributed by atoms with E-state index in [4.69, 9.17) is 5.73 Å². The largest absolute Gasteiger partial charge is 0.353 e. The Hall–Kier alpha value is -0.910. The molecule has 2 unspecified atom stereocenters. The molecule has 5 heteroatoms. The Bertz CT molecular complexity index is 463. The molecule has 0 aromatic heterocycles. The molecule has 1 amide bonds. The molecule has 0 saturated carbocycles. The van der Waals surface area contributed by atoms with E-state index in [2.05, 4.69) is 39.1 Å². The summed E-state index contributed by atoms with van der Waals surface area (Å²) in [6.45, 7) is 9.07. The van der Waals surface area contributed by atoms with Crippen LogP contribution in [-0.2, 0) is 4.79 Å². The molecule has 118 valence electrons. The van der Waals surface area contributed by atoms with Crippen molar-refractivity contribution in [2.45, 2.75) is 45.8 Å². The van der Waals surface area contributed by atoms with Gasteiger partial charge in [-0.3, -0.25) is 9.69 Å². The van der Waals surface area contributed by atoms with E-state index in [0.717, 1.165) is 16.6 Å². The van der Waals surface area contributed by atoms with Crippen LogP contribution >= 0.6 is 15.9 Å². The lowest BCUT2D eigenvalue weighted by Gasteiger charge is -2.34. The molecule has 2 atom stereocenters. The monoisotopic (exact) mass is 355 g/mol. The molecular weight excluding hydrogens is 330 g/mol. The van der Waals surface area contributed by atoms with Gasteiger partial charge in [0, 0.05) is 16.6 Å². The summed E-state index contributed by atoms with van der Waals surface area (Å²) in [6.07, 6.45) is 0. The number of carbonyl (C=O) groups excluding carboxylic acids is 1. The van der Waals surface area contributed by atoms with Crippen molar-refractivity contribution in [3.05, 3.63) is 34.3 Å². The van der Waals surface area contributed by atoms with Crippen LogP contribution in [0.5, 0.6) is 0 Å². The molecule has 0 saturated heterocycles. The molecule has 0 aliphatic carbocycles. The van der Waals surface area contributed by atoms with Crippen LogP contribution in [0.4, 0.5) is 0 Å². The van der Waals surface area contributed by atoms with Crippen LogP contribution in [-0.4, -0.2) is 36.0 Å². The summed E-state index contributed by atoms with van der Waals surface area (Å²) in [7, 11) is 0. The third kappa shape index (κ3) is 5.41. The number of carbonyl (C=O) groups is 1. The normalized spacial score (nSPS) is 14.3. The van der Waals surface area contributed by atoms with Crippen molar-refractivity contribution in [1.29, 1.82) is 0 Å². The summed E-state index contributed by atoms with van der Waals surface area (Å²) < 4.78 is 1.02. The zero-order chi connectivity index (χ0) is 16.0. The lowest BCUT2D eigenvalue weighted by molar-refractivity contribution is -0.123. The Morgan fingerprint density at radius 2 is 1.95 bits per heavy atom. The summed E-state index contributed by atoms with van der Waals surface area (Å²) in [5, 5.41) is 2.93. The average molecular weight is 356 g/mol. The minimum absolute atomic E-state index is 0.00323. The lowest BCUT2D eigenvalue weighted by Crippen LogP contribution is -2.46. The maximum absolute atomic E-state index is 12.1. The second-order valence-electron chi connectivity index (χ2n) is 5.61. The fourth-order valence-electron chi connectivity index (χ4n) is 2.49. The zero-order valence-electron chi connectivity index (χ0n) is 13.3. The molecule has 0 aliphatic rings. The van der Waals surface area contributed by atoms with E-state index < -0.39 is 0 Å². The van der Waals surface area contributed by atoms with Crippen LogP contribution < -0.4 is 11.1 Å². The molecule has 0 bridgehead atoms. The van der Waals surface area contributed by atoms with E-state index in [0.29, 0.717) is 6.54 Å². The van der Waals surface area contributed by atoms with Crippen LogP contribution in [0.15, 0.2) is 28.7 Å². The van der Waals surface area contributed by atoms with E-state index in [1.165, 1.54) is 0 Å². The standard InChI is InChI=1S/C16H26BrN3O/c1-5-20(10-15(21)19-11(2)3)16(12(4)18)13-8-6-7-9-14(13)17/h6-9,11-12,16H,5,10,18H2,1-4H3,(H,19,21). The van der Waals surface area contributed by atoms with Gasteiger partial charge in [0.05, 0.1) is 12.6 Å². The van der Waals surface area contributed by atoms with Crippen LogP contribution in [0.1, 0.15) is 39.3 Å². The van der Waals surface area contributed by atoms with Crippen LogP contribution in [0.3, 0.4) is 0 Å². The van der Waals surface area contributed by atoms with Crippen molar-refractivity contribution in [3.8, 4) is 0 Å². The fourth-order valence-corrected chi connectivity index (χ4v) is 3.01. The highest BCUT2D eigenvalue weighted by atomic mass is 79.9. The molecule has 1 aromatic rings. The molecule has 0 aliphatic heterocycles. The molecule has 0 heterocycles. The van der Waals surface area contributed by atoms with Gasteiger partial charge in [-0.25, -0.2) is 0 Å². The van der Waals surface area contributed by atoms with Crippen LogP contribution in [0.2, 0.25) is 0 Å². The first kappa shape index (κ1) is 18.1. The first-order valence-corrected chi connectivity index (χ1v) is 8.19. The quantitative estimate of drug-likeness (QED) is 0.790. The predicted octanol–water partition coefficient (Wildman–Crippen LogP) is 2.68. The van der Waals surface area contributed by atoms with Gasteiger partial charge in [-0.15, -0.1) is 0 Å². The highest BCUT2D eigenvalue weighted by Crippen LogP contribution is 2.29. The SMILES string of the molecule is CCN(CC(=O)NC(C)C)C(c1ccccc1Br)C(C)N. The van der Waals surface area contributed by atoms with Gasteiger partial charge in [-0.05, 0) is 38.9 Å². The second-order valence-corrected chi connectivity index (χ2v) is 6.47. The van der Waals surface area contributed by atoms with Crippen molar-refractivity contribution in [3.63, 3.8) is 0 Å². The second kappa shape index (κ2) is 8.51. The number of benzene rings is 1. The van der Waals surface area contributed by atoms with Gasteiger partial charge in [0.2, 0.25) is 5.91 Å². The number of hydrogen-bond acceptors (Lipinski definition) is 3. The number of nitrogens with one attached hydrogen (secondary N) is 1. The van der Waals surface area contributed by atoms with E-state index in [1.54, 1.807) is 0 Å². The third-order valence-corrected chi connectivity index (χ3v) is 4.04. The van der Waals surface area contributed by atoms with Gasteiger partial charge in [0.25, 0.3) is 0 Å². The number of rotatable bonds is 7. The first-order chi connectivity index (χ1) is 9.86. The molecule has 0 spiro atoms. The van der Waals surface area contributed by atoms with E-state index >= 15 is 0 Å². The van der Waals surface area contributed by atoms with Gasteiger partial charge in [-0.2, -0.15) is 0 Å². The van der Waals surface area contributed by atoms with Crippen molar-refractivity contribution in [1.82, 2.24) is 10.2 Å². The highest BCUT2D eigenvalue weighted by Gasteiger charge is 2.26. The van der Waals surface area contributed by atoms with Crippen molar-refractivity contribution < 1.29 is 4.79 Å². The van der Waals surface area contributed by atoms with Gasteiger partial charge in [0.15, 0.2) is 0 Å².